The molecule has 0 N–H and O–H groups in total. The van der Waals surface area contributed by atoms with Gasteiger partial charge in [-0.05, 0) is 36.8 Å². The Morgan fingerprint density at radius 1 is 0.889 bits per heavy atom. The maximum atomic E-state index is 13.0. The van der Waals surface area contributed by atoms with Crippen molar-refractivity contribution in [3.05, 3.63) is 58.6 Å². The summed E-state index contributed by atoms with van der Waals surface area (Å²) in [5.74, 6) is 0.0739. The highest BCUT2D eigenvalue weighted by Crippen LogP contribution is 2.40. The topological polar surface area (TPSA) is 35.0 Å². The summed E-state index contributed by atoms with van der Waals surface area (Å²) in [5.41, 5.74) is 0.402. The van der Waals surface area contributed by atoms with Crippen LogP contribution in [0.5, 0.6) is 10.9 Å². The van der Waals surface area contributed by atoms with E-state index in [0.717, 1.165) is 17.7 Å². The molecule has 3 nitrogen and oxygen atoms in total. The number of hydrogen-bond acceptors (Lipinski definition) is 4. The maximum absolute atomic E-state index is 13.0. The molecule has 1 heterocycles. The van der Waals surface area contributed by atoms with E-state index < -0.39 is 22.9 Å². The summed E-state index contributed by atoms with van der Waals surface area (Å²) in [6.45, 7) is 1.73. The van der Waals surface area contributed by atoms with Crippen LogP contribution in [0.4, 0.5) is 26.3 Å². The third-order valence-electron chi connectivity index (χ3n) is 3.48. The van der Waals surface area contributed by atoms with Crippen molar-refractivity contribution in [2.45, 2.75) is 19.3 Å². The zero-order chi connectivity index (χ0) is 19.8. The molecule has 0 fully saturated rings. The molecule has 0 amide bonds. The van der Waals surface area contributed by atoms with Gasteiger partial charge in [0.05, 0.1) is 5.56 Å². The first kappa shape index (κ1) is 19.2. The molecule has 1 aromatic heterocycles. The lowest BCUT2D eigenvalue weighted by Crippen LogP contribution is -2.04. The van der Waals surface area contributed by atoms with E-state index in [9.17, 15) is 26.3 Å². The average Bonchev–Trinajstić information content (AvgIpc) is 3.05. The minimum Gasteiger partial charge on any atom is -0.429 e. The molecule has 0 aliphatic carbocycles. The van der Waals surface area contributed by atoms with Gasteiger partial charge < -0.3 is 4.74 Å². The molecule has 142 valence electrons. The summed E-state index contributed by atoms with van der Waals surface area (Å²) >= 11 is 0.201. The van der Waals surface area contributed by atoms with E-state index in [-0.39, 0.29) is 27.8 Å². The first-order valence-corrected chi connectivity index (χ1v) is 8.22. The van der Waals surface area contributed by atoms with Gasteiger partial charge >= 0.3 is 12.4 Å². The lowest BCUT2D eigenvalue weighted by Gasteiger charge is -2.13. The van der Waals surface area contributed by atoms with Gasteiger partial charge in [-0.3, -0.25) is 0 Å². The molecule has 0 atom stereocenters. The fourth-order valence-corrected chi connectivity index (χ4v) is 2.86. The van der Waals surface area contributed by atoms with Gasteiger partial charge in [0.15, 0.2) is 0 Å². The predicted octanol–water partition coefficient (Wildman–Crippen LogP) is 6.34. The van der Waals surface area contributed by atoms with Gasteiger partial charge in [0.2, 0.25) is 5.01 Å². The van der Waals surface area contributed by atoms with Crippen molar-refractivity contribution in [1.82, 2.24) is 10.2 Å². The van der Waals surface area contributed by atoms with Crippen molar-refractivity contribution in [1.29, 1.82) is 0 Å². The first-order chi connectivity index (χ1) is 12.5. The van der Waals surface area contributed by atoms with E-state index in [1.54, 1.807) is 19.1 Å². The first-order valence-electron chi connectivity index (χ1n) is 7.41. The third-order valence-corrected chi connectivity index (χ3v) is 4.33. The van der Waals surface area contributed by atoms with Gasteiger partial charge in [-0.25, -0.2) is 0 Å². The van der Waals surface area contributed by atoms with E-state index in [0.29, 0.717) is 5.56 Å². The Hall–Kier alpha value is -2.62. The molecule has 3 rings (SSSR count). The summed E-state index contributed by atoms with van der Waals surface area (Å²) < 4.78 is 82.2. The van der Waals surface area contributed by atoms with Gasteiger partial charge in [-0.2, -0.15) is 26.3 Å². The van der Waals surface area contributed by atoms with Gasteiger partial charge in [0, 0.05) is 5.56 Å². The van der Waals surface area contributed by atoms with Crippen LogP contribution in [0.2, 0.25) is 0 Å². The molecular weight excluding hydrogens is 394 g/mol. The largest absolute Gasteiger partial charge is 0.445 e. The summed E-state index contributed by atoms with van der Waals surface area (Å²) in [7, 11) is 0. The van der Waals surface area contributed by atoms with Crippen LogP contribution >= 0.6 is 11.3 Å². The second kappa shape index (κ2) is 6.84. The lowest BCUT2D eigenvalue weighted by molar-refractivity contribution is -0.138. The Morgan fingerprint density at radius 2 is 1.63 bits per heavy atom. The van der Waals surface area contributed by atoms with Crippen LogP contribution in [-0.2, 0) is 12.4 Å². The number of ether oxygens (including phenoxy) is 1. The summed E-state index contributed by atoms with van der Waals surface area (Å²) in [4.78, 5) is 0. The molecule has 0 radical (unpaired) electrons. The quantitative estimate of drug-likeness (QED) is 0.478. The molecule has 0 aliphatic rings. The predicted molar refractivity (Wildman–Crippen MR) is 86.6 cm³/mol. The molecule has 10 heteroatoms. The number of benzene rings is 2. The SMILES string of the molecule is Cc1ccc(Oc2nnc(C(F)(F)F)s2)c(-c2cccc(C(F)(F)F)c2)c1. The third kappa shape index (κ3) is 4.38. The van der Waals surface area contributed by atoms with Crippen molar-refractivity contribution in [3.8, 4) is 22.1 Å². The van der Waals surface area contributed by atoms with Gasteiger partial charge in [-0.1, -0.05) is 40.2 Å². The fourth-order valence-electron chi connectivity index (χ4n) is 2.28. The van der Waals surface area contributed by atoms with Gasteiger partial charge in [0.25, 0.3) is 5.19 Å². The van der Waals surface area contributed by atoms with E-state index in [4.69, 9.17) is 4.74 Å². The fraction of sp³-hybridized carbons (Fsp3) is 0.176. The van der Waals surface area contributed by atoms with Crippen molar-refractivity contribution < 1.29 is 31.1 Å². The second-order valence-electron chi connectivity index (χ2n) is 5.55. The average molecular weight is 404 g/mol. The number of aryl methyl sites for hydroxylation is 1. The van der Waals surface area contributed by atoms with E-state index in [1.807, 2.05) is 0 Å². The smallest absolute Gasteiger partial charge is 0.429 e. The number of alkyl halides is 6. The molecule has 0 spiro atoms. The van der Waals surface area contributed by atoms with Crippen LogP contribution in [0.3, 0.4) is 0 Å². The zero-order valence-corrected chi connectivity index (χ0v) is 14.3. The molecule has 0 unspecified atom stereocenters. The number of nitrogens with zero attached hydrogens (tertiary/aromatic N) is 2. The van der Waals surface area contributed by atoms with Crippen molar-refractivity contribution in [2.75, 3.05) is 0 Å². The molecular formula is C17H10F6N2OS. The highest BCUT2D eigenvalue weighted by Gasteiger charge is 2.36. The van der Waals surface area contributed by atoms with E-state index >= 15 is 0 Å². The highest BCUT2D eigenvalue weighted by atomic mass is 32.1. The Morgan fingerprint density at radius 3 is 2.26 bits per heavy atom. The van der Waals surface area contributed by atoms with Gasteiger partial charge in [-0.15, -0.1) is 5.10 Å². The second-order valence-corrected chi connectivity index (χ2v) is 6.49. The van der Waals surface area contributed by atoms with E-state index in [2.05, 4.69) is 10.2 Å². The molecule has 0 bridgehead atoms. The van der Waals surface area contributed by atoms with Crippen LogP contribution < -0.4 is 4.74 Å². The Kier molecular flexibility index (Phi) is 4.85. The van der Waals surface area contributed by atoms with Crippen LogP contribution in [0.15, 0.2) is 42.5 Å². The minimum atomic E-state index is -4.66. The maximum Gasteiger partial charge on any atom is 0.445 e. The molecule has 27 heavy (non-hydrogen) atoms. The standard InChI is InChI=1S/C17H10F6N2OS/c1-9-5-6-13(26-15-25-24-14(27-15)17(21,22)23)12(7-9)10-3-2-4-11(8-10)16(18,19)20/h2-8H,1H3. The normalized spacial score (nSPS) is 12.3. The summed E-state index contributed by atoms with van der Waals surface area (Å²) in [5, 5.41) is 4.82. The zero-order valence-electron chi connectivity index (χ0n) is 13.5. The number of aromatic nitrogens is 2. The summed E-state index contributed by atoms with van der Waals surface area (Å²) in [6.07, 6.45) is -9.18. The monoisotopic (exact) mass is 404 g/mol. The Balaban J connectivity index is 2.01. The van der Waals surface area contributed by atoms with Crippen molar-refractivity contribution in [2.24, 2.45) is 0 Å². The lowest BCUT2D eigenvalue weighted by atomic mass is 10.00. The highest BCUT2D eigenvalue weighted by molar-refractivity contribution is 7.13. The molecule has 0 saturated heterocycles. The summed E-state index contributed by atoms with van der Waals surface area (Å²) in [6, 6.07) is 9.24. The van der Waals surface area contributed by atoms with Crippen LogP contribution in [0.1, 0.15) is 16.1 Å². The van der Waals surface area contributed by atoms with Crippen LogP contribution in [-0.4, -0.2) is 10.2 Å². The van der Waals surface area contributed by atoms with Crippen molar-refractivity contribution in [3.63, 3.8) is 0 Å². The molecule has 0 saturated carbocycles. The number of rotatable bonds is 3. The minimum absolute atomic E-state index is 0.0739. The Bertz CT molecular complexity index is 965. The van der Waals surface area contributed by atoms with Crippen LogP contribution in [0, 0.1) is 6.92 Å². The molecule has 3 aromatic rings. The Labute approximate surface area is 153 Å². The molecule has 0 aliphatic heterocycles. The van der Waals surface area contributed by atoms with Gasteiger partial charge in [0.1, 0.15) is 5.75 Å². The molecule has 2 aromatic carbocycles. The number of halogens is 6. The van der Waals surface area contributed by atoms with Crippen LogP contribution in [0.25, 0.3) is 11.1 Å². The van der Waals surface area contributed by atoms with Crippen molar-refractivity contribution >= 4 is 11.3 Å². The number of hydrogen-bond donors (Lipinski definition) is 0. The van der Waals surface area contributed by atoms with E-state index in [1.165, 1.54) is 18.2 Å².